The van der Waals surface area contributed by atoms with Crippen LogP contribution in [-0.4, -0.2) is 22.6 Å². The van der Waals surface area contributed by atoms with Crippen molar-refractivity contribution in [3.05, 3.63) is 59.9 Å². The number of hydrogen-bond donors (Lipinski definition) is 1. The fraction of sp³-hybridized carbons (Fsp3) is 0.500. The van der Waals surface area contributed by atoms with Crippen molar-refractivity contribution < 1.29 is 9.53 Å². The molecule has 3 aromatic rings. The number of amides is 1. The van der Waals surface area contributed by atoms with Crippen molar-refractivity contribution >= 4 is 16.9 Å². The Morgan fingerprint density at radius 3 is 2.18 bits per heavy atom. The van der Waals surface area contributed by atoms with Crippen LogP contribution in [0.15, 0.2) is 48.5 Å². The summed E-state index contributed by atoms with van der Waals surface area (Å²) in [6, 6.07) is 15.4. The van der Waals surface area contributed by atoms with E-state index < -0.39 is 0 Å². The van der Waals surface area contributed by atoms with Crippen molar-refractivity contribution in [3.63, 3.8) is 0 Å². The molecule has 0 aliphatic carbocycles. The maximum Gasteiger partial charge on any atom is 0.251 e. The molecule has 0 aliphatic rings. The number of rotatable bonds is 15. The molecule has 1 amide bonds. The van der Waals surface area contributed by atoms with Crippen LogP contribution in [0.5, 0.6) is 5.75 Å². The van der Waals surface area contributed by atoms with Gasteiger partial charge in [-0.3, -0.25) is 4.79 Å². The minimum Gasteiger partial charge on any atom is -0.497 e. The number of para-hydroxylation sites is 2. The third-order valence-corrected chi connectivity index (χ3v) is 6.23. The van der Waals surface area contributed by atoms with Gasteiger partial charge in [-0.25, -0.2) is 4.98 Å². The van der Waals surface area contributed by atoms with Crippen molar-refractivity contribution in [2.24, 2.45) is 0 Å². The molecule has 5 heteroatoms. The summed E-state index contributed by atoms with van der Waals surface area (Å²) in [5.41, 5.74) is 2.74. The van der Waals surface area contributed by atoms with Crippen LogP contribution >= 0.6 is 0 Å². The van der Waals surface area contributed by atoms with Gasteiger partial charge in [-0.1, -0.05) is 76.8 Å². The molecule has 0 atom stereocenters. The zero-order valence-corrected chi connectivity index (χ0v) is 20.3. The molecule has 0 bridgehead atoms. The second-order valence-corrected chi connectivity index (χ2v) is 8.76. The maximum absolute atomic E-state index is 12.6. The number of carbonyl (C=O) groups is 1. The Morgan fingerprint density at radius 1 is 0.879 bits per heavy atom. The van der Waals surface area contributed by atoms with Crippen LogP contribution in [0.25, 0.3) is 11.0 Å². The highest BCUT2D eigenvalue weighted by molar-refractivity contribution is 5.94. The van der Waals surface area contributed by atoms with E-state index in [9.17, 15) is 4.79 Å². The lowest BCUT2D eigenvalue weighted by molar-refractivity contribution is 0.0949. The zero-order chi connectivity index (χ0) is 23.3. The van der Waals surface area contributed by atoms with E-state index in [2.05, 4.69) is 28.9 Å². The van der Waals surface area contributed by atoms with E-state index in [0.717, 1.165) is 35.6 Å². The normalized spacial score (nSPS) is 11.1. The van der Waals surface area contributed by atoms with Crippen molar-refractivity contribution in [1.82, 2.24) is 14.9 Å². The first-order chi connectivity index (χ1) is 16.2. The average molecular weight is 450 g/mol. The summed E-state index contributed by atoms with van der Waals surface area (Å²) in [5, 5.41) is 3.03. The molecule has 0 fully saturated rings. The Bertz CT molecular complexity index is 978. The minimum atomic E-state index is -0.102. The van der Waals surface area contributed by atoms with Crippen LogP contribution in [0, 0.1) is 0 Å². The summed E-state index contributed by atoms with van der Waals surface area (Å²) >= 11 is 0. The van der Waals surface area contributed by atoms with Gasteiger partial charge in [0.2, 0.25) is 0 Å². The van der Waals surface area contributed by atoms with E-state index in [1.54, 1.807) is 31.4 Å². The van der Waals surface area contributed by atoms with Gasteiger partial charge in [0.15, 0.2) is 0 Å². The molecule has 3 rings (SSSR count). The Balaban J connectivity index is 1.50. The summed E-state index contributed by atoms with van der Waals surface area (Å²) in [7, 11) is 1.62. The van der Waals surface area contributed by atoms with Crippen LogP contribution in [0.1, 0.15) is 87.3 Å². The molecular weight excluding hydrogens is 410 g/mol. The molecule has 0 saturated heterocycles. The number of nitrogens with zero attached hydrogens (tertiary/aromatic N) is 2. The van der Waals surface area contributed by atoms with Crippen molar-refractivity contribution in [2.45, 2.75) is 84.2 Å². The summed E-state index contributed by atoms with van der Waals surface area (Å²) in [5.74, 6) is 1.55. The lowest BCUT2D eigenvalue weighted by atomic mass is 10.1. The van der Waals surface area contributed by atoms with Gasteiger partial charge in [-0.2, -0.15) is 0 Å². The van der Waals surface area contributed by atoms with E-state index in [0.29, 0.717) is 12.1 Å². The van der Waals surface area contributed by atoms with E-state index >= 15 is 0 Å². The molecule has 0 unspecified atom stereocenters. The standard InChI is InChI=1S/C28H39N3O2/c1-3-4-5-6-7-8-9-10-11-14-21-31-26-16-13-12-15-25(26)30-27(31)22-29-28(32)23-17-19-24(33-2)20-18-23/h12-13,15-20H,3-11,14,21-22H2,1-2H3,(H,29,32). The molecule has 1 aromatic heterocycles. The van der Waals surface area contributed by atoms with Gasteiger partial charge in [0.1, 0.15) is 11.6 Å². The summed E-state index contributed by atoms with van der Waals surface area (Å²) in [6.45, 7) is 3.62. The molecule has 1 N–H and O–H groups in total. The van der Waals surface area contributed by atoms with Crippen molar-refractivity contribution in [2.75, 3.05) is 7.11 Å². The van der Waals surface area contributed by atoms with Crippen molar-refractivity contribution in [3.8, 4) is 5.75 Å². The minimum absolute atomic E-state index is 0.102. The van der Waals surface area contributed by atoms with Crippen LogP contribution < -0.4 is 10.1 Å². The molecule has 5 nitrogen and oxygen atoms in total. The number of methoxy groups -OCH3 is 1. The number of unbranched alkanes of at least 4 members (excludes halogenated alkanes) is 9. The highest BCUT2D eigenvalue weighted by atomic mass is 16.5. The number of ether oxygens (including phenoxy) is 1. The molecule has 0 aliphatic heterocycles. The topological polar surface area (TPSA) is 56.2 Å². The second-order valence-electron chi connectivity index (χ2n) is 8.76. The van der Waals surface area contributed by atoms with Gasteiger partial charge in [-0.05, 0) is 42.8 Å². The monoisotopic (exact) mass is 449 g/mol. The molecule has 178 valence electrons. The molecule has 0 saturated carbocycles. The lowest BCUT2D eigenvalue weighted by Gasteiger charge is -2.11. The molecule has 0 radical (unpaired) electrons. The third kappa shape index (κ3) is 7.62. The summed E-state index contributed by atoms with van der Waals surface area (Å²) in [6.07, 6.45) is 13.2. The maximum atomic E-state index is 12.6. The molecule has 2 aromatic carbocycles. The predicted molar refractivity (Wildman–Crippen MR) is 136 cm³/mol. The number of aromatic nitrogens is 2. The first-order valence-electron chi connectivity index (χ1n) is 12.6. The van der Waals surface area contributed by atoms with Crippen LogP contribution in [0.2, 0.25) is 0 Å². The van der Waals surface area contributed by atoms with E-state index in [1.807, 2.05) is 12.1 Å². The number of fused-ring (bicyclic) bond motifs is 1. The second kappa shape index (κ2) is 13.7. The molecular formula is C28H39N3O2. The lowest BCUT2D eigenvalue weighted by Crippen LogP contribution is -2.24. The number of nitrogens with one attached hydrogen (secondary N) is 1. The predicted octanol–water partition coefficient (Wildman–Crippen LogP) is 6.90. The Morgan fingerprint density at radius 2 is 1.52 bits per heavy atom. The highest BCUT2D eigenvalue weighted by Gasteiger charge is 2.12. The first kappa shape index (κ1) is 24.8. The number of hydrogen-bond acceptors (Lipinski definition) is 3. The number of aryl methyl sites for hydroxylation is 1. The number of imidazole rings is 1. The fourth-order valence-corrected chi connectivity index (χ4v) is 4.27. The average Bonchev–Trinajstić information content (AvgIpc) is 3.21. The fourth-order valence-electron chi connectivity index (χ4n) is 4.27. The Kier molecular flexibility index (Phi) is 10.3. The number of carbonyl (C=O) groups excluding carboxylic acids is 1. The van der Waals surface area contributed by atoms with Crippen molar-refractivity contribution in [1.29, 1.82) is 0 Å². The quantitative estimate of drug-likeness (QED) is 0.257. The third-order valence-electron chi connectivity index (χ3n) is 6.23. The van der Waals surface area contributed by atoms with Gasteiger partial charge in [-0.15, -0.1) is 0 Å². The number of benzene rings is 2. The van der Waals surface area contributed by atoms with Crippen LogP contribution in [-0.2, 0) is 13.1 Å². The van der Waals surface area contributed by atoms with E-state index in [1.165, 1.54) is 57.8 Å². The largest absolute Gasteiger partial charge is 0.497 e. The van der Waals surface area contributed by atoms with E-state index in [-0.39, 0.29) is 5.91 Å². The van der Waals surface area contributed by atoms with Gasteiger partial charge < -0.3 is 14.6 Å². The summed E-state index contributed by atoms with van der Waals surface area (Å²) in [4.78, 5) is 17.4. The first-order valence-corrected chi connectivity index (χ1v) is 12.6. The van der Waals surface area contributed by atoms with Gasteiger partial charge in [0.05, 0.1) is 24.7 Å². The highest BCUT2D eigenvalue weighted by Crippen LogP contribution is 2.18. The molecule has 0 spiro atoms. The van der Waals surface area contributed by atoms with Gasteiger partial charge in [0, 0.05) is 12.1 Å². The Labute approximate surface area is 198 Å². The van der Waals surface area contributed by atoms with Gasteiger partial charge in [0.25, 0.3) is 5.91 Å². The SMILES string of the molecule is CCCCCCCCCCCCn1c(CNC(=O)c2ccc(OC)cc2)nc2ccccc21. The smallest absolute Gasteiger partial charge is 0.251 e. The van der Waals surface area contributed by atoms with Crippen LogP contribution in [0.4, 0.5) is 0 Å². The molecule has 33 heavy (non-hydrogen) atoms. The van der Waals surface area contributed by atoms with Gasteiger partial charge >= 0.3 is 0 Å². The Hall–Kier alpha value is -2.82. The molecule has 1 heterocycles. The van der Waals surface area contributed by atoms with E-state index in [4.69, 9.17) is 9.72 Å². The van der Waals surface area contributed by atoms with Crippen LogP contribution in [0.3, 0.4) is 0 Å². The zero-order valence-electron chi connectivity index (χ0n) is 20.3. The summed E-state index contributed by atoms with van der Waals surface area (Å²) < 4.78 is 7.44.